The van der Waals surface area contributed by atoms with Crippen LogP contribution in [-0.2, 0) is 25.5 Å². The molecule has 10 nitrogen and oxygen atoms in total. The third-order valence-electron chi connectivity index (χ3n) is 5.08. The summed E-state index contributed by atoms with van der Waals surface area (Å²) in [6, 6.07) is 4.96. The lowest BCUT2D eigenvalue weighted by Gasteiger charge is -2.35. The summed E-state index contributed by atoms with van der Waals surface area (Å²) in [6.07, 6.45) is -1.03. The quantitative estimate of drug-likeness (QED) is 0.264. The molecule has 2 aromatic rings. The smallest absolute Gasteiger partial charge is 0.347 e. The Labute approximate surface area is 213 Å². The van der Waals surface area contributed by atoms with Crippen molar-refractivity contribution < 1.29 is 31.5 Å². The maximum absolute atomic E-state index is 14.1. The monoisotopic (exact) mass is 545 g/mol. The number of anilines is 1. The maximum atomic E-state index is 14.1. The topological polar surface area (TPSA) is 123 Å². The third-order valence-corrected chi connectivity index (χ3v) is 7.43. The Hall–Kier alpha value is -2.55. The first-order valence-electron chi connectivity index (χ1n) is 11.3. The number of aromatic nitrogens is 2. The van der Waals surface area contributed by atoms with Gasteiger partial charge in [-0.25, -0.2) is 18.6 Å². The Bertz CT molecular complexity index is 1180. The molecule has 14 heteroatoms. The van der Waals surface area contributed by atoms with Crippen LogP contribution in [0.4, 0.5) is 14.6 Å². The zero-order valence-electron chi connectivity index (χ0n) is 20.3. The molecule has 36 heavy (non-hydrogen) atoms. The summed E-state index contributed by atoms with van der Waals surface area (Å²) in [7, 11) is -3.98. The van der Waals surface area contributed by atoms with Crippen molar-refractivity contribution in [2.45, 2.75) is 56.8 Å². The molecular weight excluding hydrogens is 516 g/mol. The normalized spacial score (nSPS) is 19.5. The van der Waals surface area contributed by atoms with Crippen LogP contribution in [0.2, 0.25) is 0 Å². The minimum atomic E-state index is -3.98. The highest BCUT2D eigenvalue weighted by Gasteiger charge is 2.31. The number of piperazine rings is 1. The van der Waals surface area contributed by atoms with Gasteiger partial charge in [0, 0.05) is 42.6 Å². The van der Waals surface area contributed by atoms with Crippen LogP contribution in [0.1, 0.15) is 33.3 Å². The van der Waals surface area contributed by atoms with Crippen LogP contribution in [0.25, 0.3) is 0 Å². The summed E-state index contributed by atoms with van der Waals surface area (Å²) in [5, 5.41) is 3.30. The minimum absolute atomic E-state index is 0.0283. The molecule has 1 fully saturated rings. The molecule has 1 aromatic carbocycles. The van der Waals surface area contributed by atoms with E-state index in [0.717, 1.165) is 17.8 Å². The number of nitrogens with one attached hydrogen (secondary N) is 2. The SMILES string of the molecule is CCOC(=O)[C@@H](C)Oc1cc(NS(=O)(=O)N2CC(C)NC(C)C2)nc(SCc2cccc(F)c2F)n1. The zero-order valence-corrected chi connectivity index (χ0v) is 22.0. The summed E-state index contributed by atoms with van der Waals surface area (Å²) < 4.78 is 68.0. The first kappa shape index (κ1) is 28.0. The number of rotatable bonds is 10. The fraction of sp³-hybridized carbons (Fsp3) is 0.500. The van der Waals surface area contributed by atoms with Gasteiger partial charge in [-0.05, 0) is 33.8 Å². The van der Waals surface area contributed by atoms with Crippen molar-refractivity contribution in [1.82, 2.24) is 19.6 Å². The molecule has 0 spiro atoms. The van der Waals surface area contributed by atoms with Crippen molar-refractivity contribution >= 4 is 33.8 Å². The van der Waals surface area contributed by atoms with Gasteiger partial charge in [0.2, 0.25) is 5.88 Å². The molecule has 0 aliphatic carbocycles. The van der Waals surface area contributed by atoms with E-state index in [1.165, 1.54) is 29.4 Å². The van der Waals surface area contributed by atoms with Crippen molar-refractivity contribution in [2.75, 3.05) is 24.4 Å². The van der Waals surface area contributed by atoms with Crippen LogP contribution in [0.3, 0.4) is 0 Å². The van der Waals surface area contributed by atoms with Crippen molar-refractivity contribution in [3.8, 4) is 5.88 Å². The number of halogens is 2. The summed E-state index contributed by atoms with van der Waals surface area (Å²) in [5.74, 6) is -2.82. The van der Waals surface area contributed by atoms with Crippen LogP contribution >= 0.6 is 11.8 Å². The Balaban J connectivity index is 1.86. The standard InChI is InChI=1S/C22H29F2N5O5S2/c1-5-33-21(30)15(4)34-19-9-18(28-36(31,32)29-10-13(2)25-14(3)11-29)26-22(27-19)35-12-16-7-6-8-17(23)20(16)24/h6-9,13-15,25H,5,10-12H2,1-4H3,(H,26,27,28)/t13?,14?,15-/m1/s1. The molecule has 2 heterocycles. The molecule has 2 unspecified atom stereocenters. The van der Waals surface area contributed by atoms with E-state index in [0.29, 0.717) is 0 Å². The van der Waals surface area contributed by atoms with Gasteiger partial charge in [0.1, 0.15) is 5.82 Å². The van der Waals surface area contributed by atoms with E-state index in [9.17, 15) is 22.0 Å². The van der Waals surface area contributed by atoms with E-state index in [4.69, 9.17) is 9.47 Å². The number of ether oxygens (including phenoxy) is 2. The molecule has 1 aliphatic heterocycles. The molecule has 0 amide bonds. The Morgan fingerprint density at radius 2 is 1.97 bits per heavy atom. The molecule has 0 radical (unpaired) electrons. The lowest BCUT2D eigenvalue weighted by atomic mass is 10.2. The fourth-order valence-corrected chi connectivity index (χ4v) is 5.70. The van der Waals surface area contributed by atoms with Gasteiger partial charge in [-0.3, -0.25) is 4.72 Å². The number of thioether (sulfide) groups is 1. The molecule has 198 valence electrons. The molecule has 3 atom stereocenters. The lowest BCUT2D eigenvalue weighted by molar-refractivity contribution is -0.150. The van der Waals surface area contributed by atoms with E-state index >= 15 is 0 Å². The Morgan fingerprint density at radius 3 is 2.64 bits per heavy atom. The number of benzene rings is 1. The maximum Gasteiger partial charge on any atom is 0.347 e. The fourth-order valence-electron chi connectivity index (χ4n) is 3.54. The van der Waals surface area contributed by atoms with Crippen LogP contribution in [-0.4, -0.2) is 66.5 Å². The third kappa shape index (κ3) is 7.48. The van der Waals surface area contributed by atoms with Crippen molar-refractivity contribution in [2.24, 2.45) is 0 Å². The largest absolute Gasteiger partial charge is 0.463 e. The molecule has 1 aliphatic rings. The lowest BCUT2D eigenvalue weighted by Crippen LogP contribution is -2.56. The van der Waals surface area contributed by atoms with Crippen LogP contribution < -0.4 is 14.8 Å². The van der Waals surface area contributed by atoms with Gasteiger partial charge >= 0.3 is 16.2 Å². The van der Waals surface area contributed by atoms with Gasteiger partial charge in [-0.1, -0.05) is 23.9 Å². The second kappa shape index (κ2) is 12.1. The summed E-state index contributed by atoms with van der Waals surface area (Å²) in [6.45, 7) is 7.55. The number of hydrogen-bond donors (Lipinski definition) is 2. The molecule has 1 aromatic heterocycles. The average molecular weight is 546 g/mol. The second-order valence-electron chi connectivity index (χ2n) is 8.28. The van der Waals surface area contributed by atoms with Crippen LogP contribution in [0.5, 0.6) is 5.88 Å². The van der Waals surface area contributed by atoms with E-state index < -0.39 is 33.9 Å². The minimum Gasteiger partial charge on any atom is -0.463 e. The first-order chi connectivity index (χ1) is 17.0. The van der Waals surface area contributed by atoms with Gasteiger partial charge in [-0.2, -0.15) is 17.7 Å². The number of esters is 1. The van der Waals surface area contributed by atoms with Crippen molar-refractivity contribution in [1.29, 1.82) is 0 Å². The highest BCUT2D eigenvalue weighted by Crippen LogP contribution is 2.27. The van der Waals surface area contributed by atoms with Gasteiger partial charge in [0.05, 0.1) is 6.61 Å². The number of carbonyl (C=O) groups excluding carboxylic acids is 1. The van der Waals surface area contributed by atoms with Crippen LogP contribution in [0, 0.1) is 11.6 Å². The predicted octanol–water partition coefficient (Wildman–Crippen LogP) is 2.72. The molecule has 0 saturated carbocycles. The van der Waals surface area contributed by atoms with Gasteiger partial charge in [-0.15, -0.1) is 0 Å². The molecular formula is C22H29F2N5O5S2. The summed E-state index contributed by atoms with van der Waals surface area (Å²) in [4.78, 5) is 20.4. The number of nitrogens with zero attached hydrogens (tertiary/aromatic N) is 3. The van der Waals surface area contributed by atoms with Crippen molar-refractivity contribution in [3.05, 3.63) is 41.5 Å². The number of carbonyl (C=O) groups is 1. The zero-order chi connectivity index (χ0) is 26.5. The average Bonchev–Trinajstić information content (AvgIpc) is 2.79. The van der Waals surface area contributed by atoms with Gasteiger partial charge in [0.25, 0.3) is 0 Å². The van der Waals surface area contributed by atoms with Crippen LogP contribution in [0.15, 0.2) is 29.4 Å². The molecule has 2 N–H and O–H groups in total. The van der Waals surface area contributed by atoms with E-state index in [1.54, 1.807) is 6.92 Å². The summed E-state index contributed by atoms with van der Waals surface area (Å²) in [5.41, 5.74) is 0.0840. The predicted molar refractivity (Wildman–Crippen MR) is 131 cm³/mol. The highest BCUT2D eigenvalue weighted by molar-refractivity contribution is 7.98. The second-order valence-corrected chi connectivity index (χ2v) is 10.9. The van der Waals surface area contributed by atoms with E-state index in [-0.39, 0.29) is 60.0 Å². The molecule has 0 bridgehead atoms. The summed E-state index contributed by atoms with van der Waals surface area (Å²) >= 11 is 0.949. The highest BCUT2D eigenvalue weighted by atomic mass is 32.2. The van der Waals surface area contributed by atoms with Gasteiger partial charge in [0.15, 0.2) is 22.9 Å². The van der Waals surface area contributed by atoms with E-state index in [1.807, 2.05) is 13.8 Å². The van der Waals surface area contributed by atoms with Crippen molar-refractivity contribution in [3.63, 3.8) is 0 Å². The van der Waals surface area contributed by atoms with E-state index in [2.05, 4.69) is 20.0 Å². The molecule has 1 saturated heterocycles. The Morgan fingerprint density at radius 1 is 1.28 bits per heavy atom. The number of hydrogen-bond acceptors (Lipinski definition) is 9. The van der Waals surface area contributed by atoms with Gasteiger partial charge < -0.3 is 14.8 Å². The Kier molecular flexibility index (Phi) is 9.44. The molecule has 3 rings (SSSR count). The first-order valence-corrected chi connectivity index (χ1v) is 13.7.